The topological polar surface area (TPSA) is 48.7 Å². The number of piperazine rings is 1. The molecule has 1 atom stereocenters. The van der Waals surface area contributed by atoms with Crippen molar-refractivity contribution in [3.8, 4) is 0 Å². The van der Waals surface area contributed by atoms with Gasteiger partial charge in [-0.2, -0.15) is 0 Å². The first-order valence-corrected chi connectivity index (χ1v) is 8.83. The predicted molar refractivity (Wildman–Crippen MR) is 96.0 cm³/mol. The first-order chi connectivity index (χ1) is 11.6. The normalized spacial score (nSPS) is 17.4. The molecule has 1 aromatic carbocycles. The molecule has 0 spiro atoms. The molecule has 5 nitrogen and oxygen atoms in total. The van der Waals surface area contributed by atoms with Crippen molar-refractivity contribution in [2.75, 3.05) is 32.7 Å². The molecular formula is C19H27N3O2. The van der Waals surface area contributed by atoms with Crippen molar-refractivity contribution in [1.29, 1.82) is 0 Å². The van der Waals surface area contributed by atoms with E-state index in [0.717, 1.165) is 38.3 Å². The van der Waals surface area contributed by atoms with Gasteiger partial charge in [0, 0.05) is 56.4 Å². The lowest BCUT2D eigenvalue weighted by atomic mass is 10.1. The maximum atomic E-state index is 12.7. The number of carbonyl (C=O) groups excluding carboxylic acids is 1. The molecule has 1 N–H and O–H groups in total. The van der Waals surface area contributed by atoms with E-state index < -0.39 is 0 Å². The van der Waals surface area contributed by atoms with E-state index in [4.69, 9.17) is 0 Å². The summed E-state index contributed by atoms with van der Waals surface area (Å²) in [5.41, 5.74) is 2.31. The summed E-state index contributed by atoms with van der Waals surface area (Å²) in [6.45, 7) is 8.70. The van der Waals surface area contributed by atoms with Gasteiger partial charge in [0.1, 0.15) is 0 Å². The van der Waals surface area contributed by atoms with Crippen molar-refractivity contribution >= 4 is 16.8 Å². The summed E-state index contributed by atoms with van der Waals surface area (Å²) < 4.78 is 2.21. The SMILES string of the molecule is CCn1cc(CC(=O)N2CCN(C[C@@H](C)O)CC2)c2ccccc21. The molecule has 0 saturated carbocycles. The summed E-state index contributed by atoms with van der Waals surface area (Å²) in [6, 6.07) is 8.29. The van der Waals surface area contributed by atoms with Gasteiger partial charge in [-0.15, -0.1) is 0 Å². The maximum absolute atomic E-state index is 12.7. The van der Waals surface area contributed by atoms with Gasteiger partial charge in [0.25, 0.3) is 0 Å². The number of aliphatic hydroxyl groups is 1. The van der Waals surface area contributed by atoms with Crippen LogP contribution in [0.1, 0.15) is 19.4 Å². The average Bonchev–Trinajstić information content (AvgIpc) is 2.93. The van der Waals surface area contributed by atoms with Gasteiger partial charge in [0.05, 0.1) is 12.5 Å². The predicted octanol–water partition coefficient (Wildman–Crippen LogP) is 1.73. The van der Waals surface area contributed by atoms with Gasteiger partial charge >= 0.3 is 0 Å². The fourth-order valence-electron chi connectivity index (χ4n) is 3.55. The maximum Gasteiger partial charge on any atom is 0.227 e. The molecule has 0 bridgehead atoms. The Labute approximate surface area is 143 Å². The van der Waals surface area contributed by atoms with E-state index in [9.17, 15) is 9.90 Å². The molecule has 1 aromatic heterocycles. The molecule has 5 heteroatoms. The molecule has 130 valence electrons. The number of β-amino-alcohol motifs (C(OH)–C–C–N with tert-alkyl or cyclic N) is 1. The van der Waals surface area contributed by atoms with Gasteiger partial charge in [0.2, 0.25) is 5.91 Å². The molecule has 2 aromatic rings. The summed E-state index contributed by atoms with van der Waals surface area (Å²) in [5.74, 6) is 0.200. The van der Waals surface area contributed by atoms with Crippen molar-refractivity contribution < 1.29 is 9.90 Å². The molecule has 0 radical (unpaired) electrons. The minimum Gasteiger partial charge on any atom is -0.392 e. The van der Waals surface area contributed by atoms with Gasteiger partial charge in [-0.3, -0.25) is 9.69 Å². The molecule has 1 amide bonds. The van der Waals surface area contributed by atoms with Crippen LogP contribution in [0.2, 0.25) is 0 Å². The zero-order valence-electron chi connectivity index (χ0n) is 14.6. The highest BCUT2D eigenvalue weighted by Gasteiger charge is 2.22. The van der Waals surface area contributed by atoms with Crippen LogP contribution >= 0.6 is 0 Å². The summed E-state index contributed by atoms with van der Waals surface area (Å²) >= 11 is 0. The van der Waals surface area contributed by atoms with Crippen LogP contribution < -0.4 is 0 Å². The Bertz CT molecular complexity index is 700. The van der Waals surface area contributed by atoms with Gasteiger partial charge in [-0.05, 0) is 25.5 Å². The first kappa shape index (κ1) is 17.0. The first-order valence-electron chi connectivity index (χ1n) is 8.83. The number of hydrogen-bond acceptors (Lipinski definition) is 3. The molecule has 2 heterocycles. The zero-order chi connectivity index (χ0) is 17.1. The second-order valence-corrected chi connectivity index (χ2v) is 6.66. The summed E-state index contributed by atoms with van der Waals surface area (Å²) in [7, 11) is 0. The van der Waals surface area contributed by atoms with E-state index in [2.05, 4.69) is 34.7 Å². The molecule has 3 rings (SSSR count). The summed E-state index contributed by atoms with van der Waals surface area (Å²) in [5, 5.41) is 10.7. The highest BCUT2D eigenvalue weighted by Crippen LogP contribution is 2.22. The number of hydrogen-bond donors (Lipinski definition) is 1. The fraction of sp³-hybridized carbons (Fsp3) is 0.526. The van der Waals surface area contributed by atoms with E-state index in [1.165, 1.54) is 10.9 Å². The van der Waals surface area contributed by atoms with Gasteiger partial charge < -0.3 is 14.6 Å². The Balaban J connectivity index is 1.66. The number of aryl methyl sites for hydroxylation is 1. The number of amides is 1. The zero-order valence-corrected chi connectivity index (χ0v) is 14.6. The molecular weight excluding hydrogens is 302 g/mol. The van der Waals surface area contributed by atoms with Crippen LogP contribution in [0.15, 0.2) is 30.5 Å². The van der Waals surface area contributed by atoms with E-state index in [1.807, 2.05) is 17.0 Å². The molecule has 0 aliphatic carbocycles. The fourth-order valence-corrected chi connectivity index (χ4v) is 3.55. The molecule has 1 saturated heterocycles. The van der Waals surface area contributed by atoms with E-state index in [-0.39, 0.29) is 12.0 Å². The molecule has 1 aliphatic rings. The van der Waals surface area contributed by atoms with Crippen LogP contribution in [0.3, 0.4) is 0 Å². The van der Waals surface area contributed by atoms with Crippen LogP contribution in [-0.4, -0.2) is 64.2 Å². The number of aromatic nitrogens is 1. The smallest absolute Gasteiger partial charge is 0.227 e. The summed E-state index contributed by atoms with van der Waals surface area (Å²) in [6.07, 6.45) is 2.27. The Morgan fingerprint density at radius 3 is 2.58 bits per heavy atom. The second-order valence-electron chi connectivity index (χ2n) is 6.66. The van der Waals surface area contributed by atoms with E-state index >= 15 is 0 Å². The number of aliphatic hydroxyl groups excluding tert-OH is 1. The van der Waals surface area contributed by atoms with Crippen LogP contribution in [-0.2, 0) is 17.8 Å². The minimum absolute atomic E-state index is 0.200. The number of fused-ring (bicyclic) bond motifs is 1. The standard InChI is InChI=1S/C19H27N3O2/c1-3-21-14-16(17-6-4-5-7-18(17)21)12-19(24)22-10-8-20(9-11-22)13-15(2)23/h4-7,14-15,23H,3,8-13H2,1-2H3/t15-/m1/s1. The Morgan fingerprint density at radius 1 is 1.21 bits per heavy atom. The van der Waals surface area contributed by atoms with Crippen molar-refractivity contribution in [3.63, 3.8) is 0 Å². The number of benzene rings is 1. The Morgan fingerprint density at radius 2 is 1.92 bits per heavy atom. The molecule has 0 unspecified atom stereocenters. The van der Waals surface area contributed by atoms with E-state index in [0.29, 0.717) is 13.0 Å². The van der Waals surface area contributed by atoms with Crippen LogP contribution in [0.5, 0.6) is 0 Å². The van der Waals surface area contributed by atoms with Crippen molar-refractivity contribution in [2.45, 2.75) is 32.9 Å². The quantitative estimate of drug-likeness (QED) is 0.909. The molecule has 1 aliphatic heterocycles. The molecule has 24 heavy (non-hydrogen) atoms. The van der Waals surface area contributed by atoms with Crippen LogP contribution in [0, 0.1) is 0 Å². The van der Waals surface area contributed by atoms with Crippen molar-refractivity contribution in [2.24, 2.45) is 0 Å². The van der Waals surface area contributed by atoms with Gasteiger partial charge in [0.15, 0.2) is 0 Å². The number of rotatable bonds is 5. The average molecular weight is 329 g/mol. The van der Waals surface area contributed by atoms with Gasteiger partial charge in [-0.1, -0.05) is 18.2 Å². The van der Waals surface area contributed by atoms with Crippen molar-refractivity contribution in [3.05, 3.63) is 36.0 Å². The number of nitrogens with zero attached hydrogens (tertiary/aromatic N) is 3. The summed E-state index contributed by atoms with van der Waals surface area (Å²) in [4.78, 5) is 16.9. The Hall–Kier alpha value is -1.85. The highest BCUT2D eigenvalue weighted by molar-refractivity contribution is 5.89. The third-order valence-corrected chi connectivity index (χ3v) is 4.80. The molecule has 1 fully saturated rings. The number of para-hydroxylation sites is 1. The Kier molecular flexibility index (Phi) is 5.21. The lowest BCUT2D eigenvalue weighted by Gasteiger charge is -2.35. The largest absolute Gasteiger partial charge is 0.392 e. The monoisotopic (exact) mass is 329 g/mol. The second kappa shape index (κ2) is 7.36. The van der Waals surface area contributed by atoms with Crippen molar-refractivity contribution in [1.82, 2.24) is 14.4 Å². The lowest BCUT2D eigenvalue weighted by molar-refractivity contribution is -0.132. The number of carbonyl (C=O) groups is 1. The lowest BCUT2D eigenvalue weighted by Crippen LogP contribution is -2.50. The minimum atomic E-state index is -0.313. The third-order valence-electron chi connectivity index (χ3n) is 4.80. The van der Waals surface area contributed by atoms with E-state index in [1.54, 1.807) is 6.92 Å². The van der Waals surface area contributed by atoms with Crippen LogP contribution in [0.4, 0.5) is 0 Å². The third kappa shape index (κ3) is 3.62. The van der Waals surface area contributed by atoms with Crippen LogP contribution in [0.25, 0.3) is 10.9 Å². The van der Waals surface area contributed by atoms with Gasteiger partial charge in [-0.25, -0.2) is 0 Å². The highest BCUT2D eigenvalue weighted by atomic mass is 16.3.